The number of rotatable bonds is 8. The van der Waals surface area contributed by atoms with Gasteiger partial charge in [0.2, 0.25) is 5.91 Å². The first-order chi connectivity index (χ1) is 16.0. The number of halogens is 2. The largest absolute Gasteiger partial charge is 0.356 e. The van der Waals surface area contributed by atoms with Crippen molar-refractivity contribution in [2.24, 2.45) is 0 Å². The van der Waals surface area contributed by atoms with Crippen LogP contribution >= 0.6 is 23.2 Å². The Labute approximate surface area is 202 Å². The molecule has 5 nitrogen and oxygen atoms in total. The Kier molecular flexibility index (Phi) is 7.43. The summed E-state index contributed by atoms with van der Waals surface area (Å²) < 4.78 is 1.70. The van der Waals surface area contributed by atoms with Gasteiger partial charge in [-0.2, -0.15) is 0 Å². The lowest BCUT2D eigenvalue weighted by Crippen LogP contribution is -2.29. The fraction of sp³-hybridized carbons (Fsp3) is 0.192. The monoisotopic (exact) mass is 479 g/mol. The zero-order valence-electron chi connectivity index (χ0n) is 17.9. The van der Waals surface area contributed by atoms with E-state index in [9.17, 15) is 9.59 Å². The summed E-state index contributed by atoms with van der Waals surface area (Å²) >= 11 is 12.0. The van der Waals surface area contributed by atoms with E-state index in [0.717, 1.165) is 22.2 Å². The van der Waals surface area contributed by atoms with E-state index in [0.29, 0.717) is 35.2 Å². The summed E-state index contributed by atoms with van der Waals surface area (Å²) in [4.78, 5) is 30.2. The van der Waals surface area contributed by atoms with Crippen LogP contribution in [0.1, 0.15) is 23.2 Å². The number of hydrogen-bond donors (Lipinski definition) is 1. The van der Waals surface area contributed by atoms with Gasteiger partial charge in [0.25, 0.3) is 5.56 Å². The lowest BCUT2D eigenvalue weighted by Gasteiger charge is -2.13. The number of hydrogen-bond acceptors (Lipinski definition) is 3. The number of amides is 1. The Hall–Kier alpha value is -3.15. The van der Waals surface area contributed by atoms with E-state index in [-0.39, 0.29) is 24.3 Å². The Morgan fingerprint density at radius 1 is 0.879 bits per heavy atom. The van der Waals surface area contributed by atoms with E-state index in [1.807, 2.05) is 66.7 Å². The molecule has 3 aromatic carbocycles. The number of nitrogens with zero attached hydrogens (tertiary/aromatic N) is 2. The summed E-state index contributed by atoms with van der Waals surface area (Å²) in [5.41, 5.74) is 3.67. The van der Waals surface area contributed by atoms with Gasteiger partial charge in [0.1, 0.15) is 5.69 Å². The third kappa shape index (κ3) is 6.01. The van der Waals surface area contributed by atoms with Gasteiger partial charge in [0.15, 0.2) is 0 Å². The van der Waals surface area contributed by atoms with Crippen LogP contribution in [0.15, 0.2) is 77.6 Å². The van der Waals surface area contributed by atoms with Gasteiger partial charge >= 0.3 is 0 Å². The molecule has 7 heteroatoms. The van der Waals surface area contributed by atoms with Gasteiger partial charge in [-0.1, -0.05) is 59.6 Å². The van der Waals surface area contributed by atoms with Crippen LogP contribution < -0.4 is 10.9 Å². The van der Waals surface area contributed by atoms with E-state index in [4.69, 9.17) is 23.2 Å². The van der Waals surface area contributed by atoms with Crippen LogP contribution in [0.25, 0.3) is 11.0 Å². The normalized spacial score (nSPS) is 11.0. The second-order valence-corrected chi connectivity index (χ2v) is 8.67. The van der Waals surface area contributed by atoms with Crippen molar-refractivity contribution in [3.8, 4) is 0 Å². The second-order valence-electron chi connectivity index (χ2n) is 7.79. The predicted molar refractivity (Wildman–Crippen MR) is 133 cm³/mol. The molecule has 168 valence electrons. The molecular formula is C26H23Cl2N3O2. The van der Waals surface area contributed by atoms with E-state index in [1.165, 1.54) is 0 Å². The minimum Gasteiger partial charge on any atom is -0.356 e. The maximum Gasteiger partial charge on any atom is 0.273 e. The summed E-state index contributed by atoms with van der Waals surface area (Å²) in [5.74, 6) is -0.111. The molecule has 0 fully saturated rings. The second kappa shape index (κ2) is 10.6. The highest BCUT2D eigenvalue weighted by Gasteiger charge is 2.13. The third-order valence-electron chi connectivity index (χ3n) is 5.39. The van der Waals surface area contributed by atoms with Crippen LogP contribution in [0.3, 0.4) is 0 Å². The molecular weight excluding hydrogens is 457 g/mol. The summed E-state index contributed by atoms with van der Waals surface area (Å²) in [6.07, 6.45) is 1.17. The highest BCUT2D eigenvalue weighted by molar-refractivity contribution is 6.30. The molecule has 0 unspecified atom stereocenters. The number of fused-ring (bicyclic) bond motifs is 1. The third-order valence-corrected chi connectivity index (χ3v) is 5.87. The van der Waals surface area contributed by atoms with E-state index >= 15 is 0 Å². The molecule has 0 saturated heterocycles. The molecule has 0 saturated carbocycles. The highest BCUT2D eigenvalue weighted by Crippen LogP contribution is 2.16. The number of benzene rings is 3. The molecule has 0 aliphatic heterocycles. The maximum absolute atomic E-state index is 13.2. The fourth-order valence-electron chi connectivity index (χ4n) is 3.70. The molecule has 1 heterocycles. The van der Waals surface area contributed by atoms with E-state index in [1.54, 1.807) is 10.6 Å². The van der Waals surface area contributed by atoms with E-state index in [2.05, 4.69) is 10.3 Å². The van der Waals surface area contributed by atoms with Crippen molar-refractivity contribution in [1.29, 1.82) is 0 Å². The smallest absolute Gasteiger partial charge is 0.273 e. The average molecular weight is 480 g/mol. The molecule has 0 bridgehead atoms. The van der Waals surface area contributed by atoms with Crippen molar-refractivity contribution in [2.75, 3.05) is 6.54 Å². The molecule has 0 radical (unpaired) electrons. The summed E-state index contributed by atoms with van der Waals surface area (Å²) in [6.45, 7) is 0.896. The molecule has 0 spiro atoms. The maximum atomic E-state index is 13.2. The van der Waals surface area contributed by atoms with Crippen LogP contribution in [0, 0.1) is 0 Å². The number of aromatic nitrogens is 2. The molecule has 0 aliphatic rings. The van der Waals surface area contributed by atoms with Gasteiger partial charge in [-0.3, -0.25) is 9.59 Å². The summed E-state index contributed by atoms with van der Waals surface area (Å²) in [5, 5.41) is 4.22. The SMILES string of the molecule is O=C(CCc1nc2ccccc2n(Cc2cccc(Cl)c2)c1=O)NCCc1ccc(Cl)cc1. The molecule has 4 aromatic rings. The molecule has 1 N–H and O–H groups in total. The van der Waals surface area contributed by atoms with Crippen molar-refractivity contribution < 1.29 is 4.79 Å². The number of nitrogens with one attached hydrogen (secondary N) is 1. The Balaban J connectivity index is 1.46. The van der Waals surface area contributed by atoms with Gasteiger partial charge in [-0.15, -0.1) is 0 Å². The number of para-hydroxylation sites is 2. The summed E-state index contributed by atoms with van der Waals surface area (Å²) in [6, 6.07) is 22.5. The Morgan fingerprint density at radius 2 is 1.67 bits per heavy atom. The van der Waals surface area contributed by atoms with Crippen molar-refractivity contribution >= 4 is 40.1 Å². The first-order valence-corrected chi connectivity index (χ1v) is 11.5. The first kappa shape index (κ1) is 23.0. The molecule has 1 amide bonds. The van der Waals surface area contributed by atoms with Crippen LogP contribution in [-0.4, -0.2) is 22.0 Å². The molecule has 33 heavy (non-hydrogen) atoms. The zero-order valence-corrected chi connectivity index (χ0v) is 19.4. The van der Waals surface area contributed by atoms with Crippen LogP contribution in [0.2, 0.25) is 10.0 Å². The minimum absolute atomic E-state index is 0.111. The number of carbonyl (C=O) groups is 1. The van der Waals surface area contributed by atoms with Crippen LogP contribution in [-0.2, 0) is 24.2 Å². The Bertz CT molecular complexity index is 1330. The standard InChI is InChI=1S/C26H23Cl2N3O2/c27-20-10-8-18(9-11-20)14-15-29-25(32)13-12-23-26(33)31(17-19-4-3-5-21(28)16-19)24-7-2-1-6-22(24)30-23/h1-11,16H,12-15,17H2,(H,29,32). The lowest BCUT2D eigenvalue weighted by atomic mass is 10.1. The van der Waals surface area contributed by atoms with Crippen molar-refractivity contribution in [2.45, 2.75) is 25.8 Å². The molecule has 4 rings (SSSR count). The van der Waals surface area contributed by atoms with E-state index < -0.39 is 0 Å². The van der Waals surface area contributed by atoms with Gasteiger partial charge in [-0.05, 0) is 53.9 Å². The van der Waals surface area contributed by atoms with Crippen molar-refractivity contribution in [3.05, 3.63) is 110 Å². The van der Waals surface area contributed by atoms with Gasteiger partial charge < -0.3 is 9.88 Å². The lowest BCUT2D eigenvalue weighted by molar-refractivity contribution is -0.121. The van der Waals surface area contributed by atoms with Crippen molar-refractivity contribution in [1.82, 2.24) is 14.9 Å². The Morgan fingerprint density at radius 3 is 2.45 bits per heavy atom. The molecule has 0 aliphatic carbocycles. The molecule has 1 aromatic heterocycles. The van der Waals surface area contributed by atoms with Crippen LogP contribution in [0.5, 0.6) is 0 Å². The van der Waals surface area contributed by atoms with Gasteiger partial charge in [0, 0.05) is 29.4 Å². The predicted octanol–water partition coefficient (Wildman–Crippen LogP) is 5.04. The minimum atomic E-state index is -0.192. The summed E-state index contributed by atoms with van der Waals surface area (Å²) in [7, 11) is 0. The topological polar surface area (TPSA) is 64.0 Å². The highest BCUT2D eigenvalue weighted by atomic mass is 35.5. The van der Waals surface area contributed by atoms with Crippen LogP contribution in [0.4, 0.5) is 0 Å². The molecule has 0 atom stereocenters. The average Bonchev–Trinajstić information content (AvgIpc) is 2.81. The number of aryl methyl sites for hydroxylation is 1. The fourth-order valence-corrected chi connectivity index (χ4v) is 4.04. The zero-order chi connectivity index (χ0) is 23.2. The van der Waals surface area contributed by atoms with Gasteiger partial charge in [0.05, 0.1) is 17.6 Å². The van der Waals surface area contributed by atoms with Gasteiger partial charge in [-0.25, -0.2) is 4.98 Å². The first-order valence-electron chi connectivity index (χ1n) is 10.7. The van der Waals surface area contributed by atoms with Crippen molar-refractivity contribution in [3.63, 3.8) is 0 Å². The quantitative estimate of drug-likeness (QED) is 0.384. The number of carbonyl (C=O) groups excluding carboxylic acids is 1.